The van der Waals surface area contributed by atoms with Crippen LogP contribution in [0, 0.1) is 5.82 Å². The van der Waals surface area contributed by atoms with Crippen molar-refractivity contribution in [2.24, 2.45) is 0 Å². The first kappa shape index (κ1) is 22.9. The second-order valence-corrected chi connectivity index (χ2v) is 7.68. The summed E-state index contributed by atoms with van der Waals surface area (Å²) >= 11 is 5.76. The SMILES string of the molecule is C[C@H](NC(=O)c1cc(C(=O)NCc2ccc(F)c(Cl)c2)ncn1)c1ccc(-c2nn[nH]n2)cc1. The lowest BCUT2D eigenvalue weighted by Gasteiger charge is -2.14. The van der Waals surface area contributed by atoms with Gasteiger partial charge in [-0.1, -0.05) is 41.9 Å². The van der Waals surface area contributed by atoms with E-state index in [4.69, 9.17) is 11.6 Å². The van der Waals surface area contributed by atoms with Crippen LogP contribution in [0.1, 0.15) is 45.1 Å². The molecular weight excluding hydrogens is 463 g/mol. The maximum Gasteiger partial charge on any atom is 0.270 e. The molecule has 0 bridgehead atoms. The van der Waals surface area contributed by atoms with Crippen LogP contribution in [0.3, 0.4) is 0 Å². The summed E-state index contributed by atoms with van der Waals surface area (Å²) in [5.41, 5.74) is 2.31. The van der Waals surface area contributed by atoms with Crippen molar-refractivity contribution >= 4 is 23.4 Å². The van der Waals surface area contributed by atoms with Crippen molar-refractivity contribution in [3.8, 4) is 11.4 Å². The first-order valence-electron chi connectivity index (χ1n) is 10.1. The van der Waals surface area contributed by atoms with Crippen molar-refractivity contribution in [2.45, 2.75) is 19.5 Å². The van der Waals surface area contributed by atoms with Crippen LogP contribution in [0.5, 0.6) is 0 Å². The van der Waals surface area contributed by atoms with Crippen LogP contribution >= 0.6 is 11.6 Å². The number of carbonyl (C=O) groups excluding carboxylic acids is 2. The Kier molecular flexibility index (Phi) is 6.83. The Morgan fingerprint density at radius 3 is 2.47 bits per heavy atom. The summed E-state index contributed by atoms with van der Waals surface area (Å²) in [6.07, 6.45) is 1.14. The van der Waals surface area contributed by atoms with Gasteiger partial charge in [0, 0.05) is 18.2 Å². The molecule has 4 aromatic rings. The molecule has 0 aliphatic carbocycles. The number of rotatable bonds is 7. The highest BCUT2D eigenvalue weighted by Gasteiger charge is 2.16. The smallest absolute Gasteiger partial charge is 0.270 e. The number of nitrogens with one attached hydrogen (secondary N) is 3. The van der Waals surface area contributed by atoms with E-state index in [0.717, 1.165) is 17.5 Å². The lowest BCUT2D eigenvalue weighted by Crippen LogP contribution is -2.29. The van der Waals surface area contributed by atoms with Crippen molar-refractivity contribution in [1.29, 1.82) is 0 Å². The molecule has 2 aromatic heterocycles. The lowest BCUT2D eigenvalue weighted by molar-refractivity contribution is 0.0934. The van der Waals surface area contributed by atoms with Gasteiger partial charge >= 0.3 is 0 Å². The molecule has 0 radical (unpaired) electrons. The number of tetrazole rings is 1. The fourth-order valence-corrected chi connectivity index (χ4v) is 3.29. The van der Waals surface area contributed by atoms with Crippen LogP contribution in [-0.4, -0.2) is 42.4 Å². The number of aromatic nitrogens is 6. The van der Waals surface area contributed by atoms with Gasteiger partial charge in [-0.15, -0.1) is 10.2 Å². The van der Waals surface area contributed by atoms with Gasteiger partial charge in [-0.05, 0) is 35.4 Å². The highest BCUT2D eigenvalue weighted by atomic mass is 35.5. The number of nitrogens with zero attached hydrogens (tertiary/aromatic N) is 5. The molecule has 0 unspecified atom stereocenters. The Balaban J connectivity index is 1.38. The molecule has 10 nitrogen and oxygen atoms in total. The number of hydrogen-bond donors (Lipinski definition) is 3. The molecule has 0 aliphatic rings. The zero-order chi connectivity index (χ0) is 24.1. The fraction of sp³-hybridized carbons (Fsp3) is 0.136. The number of carbonyl (C=O) groups is 2. The Bertz CT molecular complexity index is 1320. The van der Waals surface area contributed by atoms with Gasteiger partial charge in [-0.25, -0.2) is 14.4 Å². The largest absolute Gasteiger partial charge is 0.347 e. The second-order valence-electron chi connectivity index (χ2n) is 7.27. The van der Waals surface area contributed by atoms with Gasteiger partial charge in [0.1, 0.15) is 23.5 Å². The Morgan fingerprint density at radius 2 is 1.79 bits per heavy atom. The van der Waals surface area contributed by atoms with Crippen LogP contribution in [0.4, 0.5) is 4.39 Å². The zero-order valence-corrected chi connectivity index (χ0v) is 18.5. The second kappa shape index (κ2) is 10.1. The maximum absolute atomic E-state index is 13.3. The summed E-state index contributed by atoms with van der Waals surface area (Å²) in [7, 11) is 0. The number of halogens is 2. The van der Waals surface area contributed by atoms with E-state index >= 15 is 0 Å². The van der Waals surface area contributed by atoms with E-state index in [9.17, 15) is 14.0 Å². The minimum Gasteiger partial charge on any atom is -0.347 e. The standard InChI is InChI=1S/C22H18ClFN8O2/c1-12(14-3-5-15(6-4-14)20-29-31-32-30-20)28-22(34)19-9-18(26-11-27-19)21(33)25-10-13-2-7-17(24)16(23)8-13/h2-9,11-12H,10H2,1H3,(H,25,33)(H,28,34)(H,29,30,31,32)/t12-/m0/s1. The van der Waals surface area contributed by atoms with Crippen molar-refractivity contribution in [2.75, 3.05) is 0 Å². The predicted octanol–water partition coefficient (Wildman–Crippen LogP) is 2.87. The molecule has 172 valence electrons. The first-order valence-corrected chi connectivity index (χ1v) is 10.5. The molecule has 0 fully saturated rings. The van der Waals surface area contributed by atoms with E-state index in [1.807, 2.05) is 31.2 Å². The lowest BCUT2D eigenvalue weighted by atomic mass is 10.1. The van der Waals surface area contributed by atoms with E-state index in [1.165, 1.54) is 24.3 Å². The molecule has 4 rings (SSSR count). The van der Waals surface area contributed by atoms with Crippen molar-refractivity contribution in [3.05, 3.63) is 88.2 Å². The van der Waals surface area contributed by atoms with Crippen LogP contribution in [0.15, 0.2) is 54.9 Å². The predicted molar refractivity (Wildman–Crippen MR) is 120 cm³/mol. The number of amides is 2. The number of aromatic amines is 1. The van der Waals surface area contributed by atoms with Crippen molar-refractivity contribution < 1.29 is 14.0 Å². The minimum atomic E-state index is -0.541. The van der Waals surface area contributed by atoms with Gasteiger partial charge in [0.25, 0.3) is 11.8 Å². The Labute approximate surface area is 198 Å². The minimum absolute atomic E-state index is 0.0190. The highest BCUT2D eigenvalue weighted by molar-refractivity contribution is 6.30. The van der Waals surface area contributed by atoms with Crippen LogP contribution in [-0.2, 0) is 6.54 Å². The molecule has 2 aromatic carbocycles. The van der Waals surface area contributed by atoms with Crippen molar-refractivity contribution in [1.82, 2.24) is 41.2 Å². The summed E-state index contributed by atoms with van der Waals surface area (Å²) in [5.74, 6) is -1.04. The quantitative estimate of drug-likeness (QED) is 0.369. The third-order valence-corrected chi connectivity index (χ3v) is 5.22. The van der Waals surface area contributed by atoms with Gasteiger partial charge in [0.05, 0.1) is 11.1 Å². The van der Waals surface area contributed by atoms with Gasteiger partial charge < -0.3 is 10.6 Å². The molecule has 0 aliphatic heterocycles. The molecule has 0 saturated carbocycles. The molecule has 0 spiro atoms. The number of H-pyrrole nitrogens is 1. The van der Waals surface area contributed by atoms with E-state index in [1.54, 1.807) is 0 Å². The maximum atomic E-state index is 13.3. The molecule has 2 amide bonds. The first-order chi connectivity index (χ1) is 16.4. The van der Waals surface area contributed by atoms with Crippen LogP contribution in [0.25, 0.3) is 11.4 Å². The molecule has 12 heteroatoms. The van der Waals surface area contributed by atoms with Gasteiger partial charge in [-0.2, -0.15) is 5.21 Å². The third kappa shape index (κ3) is 5.38. The van der Waals surface area contributed by atoms with Crippen LogP contribution in [0.2, 0.25) is 5.02 Å². The topological polar surface area (TPSA) is 138 Å². The van der Waals surface area contributed by atoms with E-state index in [0.29, 0.717) is 11.4 Å². The summed E-state index contributed by atoms with van der Waals surface area (Å²) in [5, 5.41) is 19.2. The summed E-state index contributed by atoms with van der Waals surface area (Å²) in [4.78, 5) is 33.0. The van der Waals surface area contributed by atoms with Gasteiger partial charge in [-0.3, -0.25) is 9.59 Å². The molecule has 0 saturated heterocycles. The normalized spacial score (nSPS) is 11.6. The van der Waals surface area contributed by atoms with Crippen molar-refractivity contribution in [3.63, 3.8) is 0 Å². The summed E-state index contributed by atoms with van der Waals surface area (Å²) in [6.45, 7) is 1.94. The monoisotopic (exact) mass is 480 g/mol. The number of hydrogen-bond acceptors (Lipinski definition) is 7. The zero-order valence-electron chi connectivity index (χ0n) is 17.8. The Morgan fingerprint density at radius 1 is 1.06 bits per heavy atom. The van der Waals surface area contributed by atoms with Crippen LogP contribution < -0.4 is 10.6 Å². The fourth-order valence-electron chi connectivity index (χ4n) is 3.09. The third-order valence-electron chi connectivity index (χ3n) is 4.93. The van der Waals surface area contributed by atoms with E-state index in [-0.39, 0.29) is 29.0 Å². The van der Waals surface area contributed by atoms with Gasteiger partial charge in [0.2, 0.25) is 5.82 Å². The van der Waals surface area contributed by atoms with Gasteiger partial charge in [0.15, 0.2) is 0 Å². The van der Waals surface area contributed by atoms with E-state index < -0.39 is 17.6 Å². The average Bonchev–Trinajstić information content (AvgIpc) is 3.40. The molecule has 3 N–H and O–H groups in total. The number of benzene rings is 2. The molecule has 2 heterocycles. The summed E-state index contributed by atoms with van der Waals surface area (Å²) < 4.78 is 13.3. The van der Waals surface area contributed by atoms with E-state index in [2.05, 4.69) is 41.2 Å². The Hall–Kier alpha value is -4.25. The summed E-state index contributed by atoms with van der Waals surface area (Å²) in [6, 6.07) is 12.5. The molecule has 34 heavy (non-hydrogen) atoms. The highest BCUT2D eigenvalue weighted by Crippen LogP contribution is 2.19. The average molecular weight is 481 g/mol. The molecule has 1 atom stereocenters. The molecular formula is C22H18ClFN8O2.